The molecule has 5 nitrogen and oxygen atoms in total. The molecule has 4 N–H and O–H groups in total. The minimum absolute atomic E-state index is 0.0206. The van der Waals surface area contributed by atoms with E-state index in [2.05, 4.69) is 26.0 Å². The zero-order chi connectivity index (χ0) is 30.9. The highest BCUT2D eigenvalue weighted by Gasteiger charge is 2.48. The summed E-state index contributed by atoms with van der Waals surface area (Å²) >= 11 is 1.79. The van der Waals surface area contributed by atoms with E-state index in [1.807, 2.05) is 72.8 Å². The first-order valence-corrected chi connectivity index (χ1v) is 16.9. The summed E-state index contributed by atoms with van der Waals surface area (Å²) in [4.78, 5) is -0.611. The quantitative estimate of drug-likeness (QED) is 0.0749. The molecule has 5 rings (SSSR count). The Balaban J connectivity index is 1.53. The summed E-state index contributed by atoms with van der Waals surface area (Å²) in [6, 6.07) is 30.0. The number of hydrogen-bond donors (Lipinski definition) is 3. The van der Waals surface area contributed by atoms with E-state index in [4.69, 9.17) is 15.2 Å². The van der Waals surface area contributed by atoms with E-state index in [1.165, 1.54) is 12.8 Å². The second kappa shape index (κ2) is 14.9. The van der Waals surface area contributed by atoms with Crippen LogP contribution in [0.1, 0.15) is 85.6 Å². The van der Waals surface area contributed by atoms with Crippen molar-refractivity contribution in [2.24, 2.45) is 5.73 Å². The Bertz CT molecular complexity index is 1500. The lowest BCUT2D eigenvalue weighted by Crippen LogP contribution is -2.51. The lowest BCUT2D eigenvalue weighted by molar-refractivity contribution is 0.255. The van der Waals surface area contributed by atoms with Gasteiger partial charge < -0.3 is 25.4 Å². The summed E-state index contributed by atoms with van der Waals surface area (Å²) in [6.45, 7) is 5.21. The zero-order valence-electron chi connectivity index (χ0n) is 25.9. The first-order chi connectivity index (χ1) is 21.4. The van der Waals surface area contributed by atoms with Crippen molar-refractivity contribution in [2.45, 2.75) is 82.3 Å². The molecule has 3 atom stereocenters. The van der Waals surface area contributed by atoms with Crippen molar-refractivity contribution in [3.8, 4) is 23.0 Å². The van der Waals surface area contributed by atoms with Gasteiger partial charge in [-0.1, -0.05) is 112 Å². The maximum absolute atomic E-state index is 11.1. The molecule has 0 spiro atoms. The van der Waals surface area contributed by atoms with E-state index in [9.17, 15) is 10.2 Å². The number of rotatable bonds is 14. The molecule has 4 aromatic rings. The van der Waals surface area contributed by atoms with Gasteiger partial charge in [0.1, 0.15) is 13.2 Å². The maximum Gasteiger partial charge on any atom is 0.161 e. The Morgan fingerprint density at radius 1 is 0.795 bits per heavy atom. The highest BCUT2D eigenvalue weighted by atomic mass is 32.2. The molecule has 232 valence electrons. The van der Waals surface area contributed by atoms with Crippen molar-refractivity contribution in [1.29, 1.82) is 0 Å². The summed E-state index contributed by atoms with van der Waals surface area (Å²) < 4.78 is 12.7. The third-order valence-electron chi connectivity index (χ3n) is 8.76. The van der Waals surface area contributed by atoms with Gasteiger partial charge in [-0.15, -0.1) is 11.8 Å². The van der Waals surface area contributed by atoms with Crippen molar-refractivity contribution in [3.63, 3.8) is 0 Å². The van der Waals surface area contributed by atoms with E-state index in [0.29, 0.717) is 31.1 Å². The van der Waals surface area contributed by atoms with Gasteiger partial charge in [0, 0.05) is 17.4 Å². The van der Waals surface area contributed by atoms with Crippen LogP contribution >= 0.6 is 11.8 Å². The van der Waals surface area contributed by atoms with Gasteiger partial charge in [-0.3, -0.25) is 0 Å². The number of hydrogen-bond acceptors (Lipinski definition) is 6. The summed E-state index contributed by atoms with van der Waals surface area (Å²) in [5, 5.41) is 21.6. The molecular formula is C38H45NO4S. The van der Waals surface area contributed by atoms with Gasteiger partial charge in [0.05, 0.1) is 4.87 Å². The number of benzene rings is 4. The molecule has 6 heteroatoms. The van der Waals surface area contributed by atoms with Gasteiger partial charge >= 0.3 is 0 Å². The molecule has 1 aliphatic carbocycles. The summed E-state index contributed by atoms with van der Waals surface area (Å²) in [7, 11) is 0. The van der Waals surface area contributed by atoms with Gasteiger partial charge in [0.15, 0.2) is 23.0 Å². The minimum atomic E-state index is -0.611. The van der Waals surface area contributed by atoms with Gasteiger partial charge in [0.25, 0.3) is 0 Å². The highest BCUT2D eigenvalue weighted by molar-refractivity contribution is 8.00. The Labute approximate surface area is 266 Å². The number of phenols is 2. The Hall–Kier alpha value is -3.61. The number of thioether (sulfide) groups is 1. The number of phenolic OH excluding ortho intramolecular Hbond substituents is 2. The number of nitrogens with two attached hydrogens (primary N) is 1. The Morgan fingerprint density at radius 2 is 1.45 bits per heavy atom. The van der Waals surface area contributed by atoms with Crippen molar-refractivity contribution in [3.05, 3.63) is 119 Å². The molecule has 0 aliphatic heterocycles. The molecule has 0 heterocycles. The predicted molar refractivity (Wildman–Crippen MR) is 181 cm³/mol. The number of unbranched alkanes of at least 4 members (excludes halogenated alkanes) is 3. The fraction of sp³-hybridized carbons (Fsp3) is 0.368. The zero-order valence-corrected chi connectivity index (χ0v) is 26.7. The molecule has 0 radical (unpaired) electrons. The van der Waals surface area contributed by atoms with Crippen LogP contribution in [0.2, 0.25) is 0 Å². The van der Waals surface area contributed by atoms with Crippen molar-refractivity contribution < 1.29 is 19.7 Å². The SMILES string of the molecule is CCCCCCC1c2ccc(O)c(O)c2CC(c2ccc(OCc3ccccc3)c(OCc3ccccc3)c2)C1(N)SCC. The molecule has 0 saturated carbocycles. The summed E-state index contributed by atoms with van der Waals surface area (Å²) in [5.74, 6) is 1.99. The van der Waals surface area contributed by atoms with E-state index in [0.717, 1.165) is 52.8 Å². The van der Waals surface area contributed by atoms with E-state index >= 15 is 0 Å². The predicted octanol–water partition coefficient (Wildman–Crippen LogP) is 9.06. The van der Waals surface area contributed by atoms with Gasteiger partial charge in [-0.25, -0.2) is 0 Å². The third kappa shape index (κ3) is 7.19. The lowest BCUT2D eigenvalue weighted by atomic mass is 9.68. The normalized spacial score (nSPS) is 19.3. The van der Waals surface area contributed by atoms with Crippen LogP contribution in [0.4, 0.5) is 0 Å². The fourth-order valence-corrected chi connectivity index (χ4v) is 7.83. The van der Waals surface area contributed by atoms with Gasteiger partial charge in [-0.05, 0) is 59.0 Å². The first kappa shape index (κ1) is 31.8. The molecule has 0 saturated heterocycles. The number of fused-ring (bicyclic) bond motifs is 1. The molecule has 44 heavy (non-hydrogen) atoms. The molecule has 3 unspecified atom stereocenters. The first-order valence-electron chi connectivity index (χ1n) is 15.9. The average molecular weight is 612 g/mol. The van der Waals surface area contributed by atoms with Crippen molar-refractivity contribution >= 4 is 11.8 Å². The standard InChI is InChI=1S/C38H45NO4S/c1-3-5-6-13-18-32-30-20-21-34(40)37(41)31(30)24-33(38(32,39)44-4-2)29-19-22-35(42-25-27-14-9-7-10-15-27)36(23-29)43-26-28-16-11-8-12-17-28/h7-12,14-17,19-23,32-33,40-41H,3-6,13,18,24-26,39H2,1-2H3. The topological polar surface area (TPSA) is 84.9 Å². The second-order valence-corrected chi connectivity index (χ2v) is 13.3. The lowest BCUT2D eigenvalue weighted by Gasteiger charge is -2.48. The monoisotopic (exact) mass is 611 g/mol. The smallest absolute Gasteiger partial charge is 0.161 e. The highest BCUT2D eigenvalue weighted by Crippen LogP contribution is 2.56. The van der Waals surface area contributed by atoms with Crippen LogP contribution in [-0.2, 0) is 19.6 Å². The maximum atomic E-state index is 11.1. The van der Waals surface area contributed by atoms with Crippen LogP contribution in [0.3, 0.4) is 0 Å². The van der Waals surface area contributed by atoms with Crippen LogP contribution in [0, 0.1) is 0 Å². The molecule has 4 aromatic carbocycles. The van der Waals surface area contributed by atoms with Crippen LogP contribution in [-0.4, -0.2) is 20.8 Å². The van der Waals surface area contributed by atoms with Crippen LogP contribution < -0.4 is 15.2 Å². The van der Waals surface area contributed by atoms with E-state index in [-0.39, 0.29) is 23.3 Å². The number of aromatic hydroxyl groups is 2. The van der Waals surface area contributed by atoms with Crippen LogP contribution in [0.25, 0.3) is 0 Å². The molecule has 0 fully saturated rings. The van der Waals surface area contributed by atoms with Gasteiger partial charge in [-0.2, -0.15) is 0 Å². The van der Waals surface area contributed by atoms with Crippen molar-refractivity contribution in [2.75, 3.05) is 5.75 Å². The van der Waals surface area contributed by atoms with E-state index in [1.54, 1.807) is 17.8 Å². The van der Waals surface area contributed by atoms with E-state index < -0.39 is 4.87 Å². The molecule has 0 amide bonds. The third-order valence-corrected chi connectivity index (χ3v) is 10.1. The van der Waals surface area contributed by atoms with Crippen LogP contribution in [0.15, 0.2) is 91.0 Å². The average Bonchev–Trinajstić information content (AvgIpc) is 3.05. The van der Waals surface area contributed by atoms with Gasteiger partial charge in [0.2, 0.25) is 0 Å². The Morgan fingerprint density at radius 3 is 2.09 bits per heavy atom. The largest absolute Gasteiger partial charge is 0.504 e. The molecule has 0 aromatic heterocycles. The van der Waals surface area contributed by atoms with Crippen molar-refractivity contribution in [1.82, 2.24) is 0 Å². The Kier molecular flexibility index (Phi) is 10.8. The molecular weight excluding hydrogens is 566 g/mol. The summed E-state index contributed by atoms with van der Waals surface area (Å²) in [6.07, 6.45) is 6.01. The summed E-state index contributed by atoms with van der Waals surface area (Å²) in [5.41, 5.74) is 12.6. The second-order valence-electron chi connectivity index (χ2n) is 11.7. The van der Waals surface area contributed by atoms with Crippen LogP contribution in [0.5, 0.6) is 23.0 Å². The minimum Gasteiger partial charge on any atom is -0.504 e. The fourth-order valence-electron chi connectivity index (χ4n) is 6.46. The molecule has 1 aliphatic rings. The number of ether oxygens (including phenoxy) is 2. The molecule has 0 bridgehead atoms.